The van der Waals surface area contributed by atoms with Gasteiger partial charge < -0.3 is 25.0 Å². The van der Waals surface area contributed by atoms with E-state index in [1.54, 1.807) is 7.11 Å². The number of likely N-dealkylation sites (tertiary alicyclic amines) is 1. The highest BCUT2D eigenvalue weighted by Gasteiger charge is 2.22. The van der Waals surface area contributed by atoms with E-state index in [1.165, 1.54) is 12.8 Å². The Hall–Kier alpha value is -1.13. The first-order valence-electron chi connectivity index (χ1n) is 10.5. The first-order valence-corrected chi connectivity index (χ1v) is 10.5. The van der Waals surface area contributed by atoms with Crippen LogP contribution in [0.15, 0.2) is 23.3 Å². The van der Waals surface area contributed by atoms with Crippen molar-refractivity contribution in [1.29, 1.82) is 0 Å². The molecule has 164 valence electrons. The fourth-order valence-electron chi connectivity index (χ4n) is 3.43. The van der Waals surface area contributed by atoms with E-state index in [4.69, 9.17) is 9.47 Å². The molecule has 1 aromatic rings. The maximum absolute atomic E-state index is 5.77. The van der Waals surface area contributed by atoms with Gasteiger partial charge in [-0.3, -0.25) is 4.99 Å². The molecule has 1 aliphatic heterocycles. The molecule has 0 spiro atoms. The second kappa shape index (κ2) is 13.2. The summed E-state index contributed by atoms with van der Waals surface area (Å²) in [4.78, 5) is 11.2. The summed E-state index contributed by atoms with van der Waals surface area (Å²) in [6, 6.07) is 4.50. The lowest BCUT2D eigenvalue weighted by molar-refractivity contribution is 0.155. The van der Waals surface area contributed by atoms with E-state index in [-0.39, 0.29) is 24.0 Å². The van der Waals surface area contributed by atoms with Crippen LogP contribution >= 0.6 is 24.0 Å². The van der Waals surface area contributed by atoms with E-state index in [2.05, 4.69) is 25.5 Å². The third-order valence-electron chi connectivity index (χ3n) is 5.40. The van der Waals surface area contributed by atoms with Crippen LogP contribution in [-0.2, 0) is 11.3 Å². The summed E-state index contributed by atoms with van der Waals surface area (Å²) in [5.41, 5.74) is 1.15. The van der Waals surface area contributed by atoms with Gasteiger partial charge in [-0.15, -0.1) is 24.0 Å². The molecular weight excluding hydrogens is 481 g/mol. The van der Waals surface area contributed by atoms with Crippen LogP contribution in [-0.4, -0.2) is 68.9 Å². The van der Waals surface area contributed by atoms with Gasteiger partial charge in [-0.2, -0.15) is 0 Å². The highest BCUT2D eigenvalue weighted by molar-refractivity contribution is 14.0. The molecule has 0 amide bonds. The molecule has 2 heterocycles. The first kappa shape index (κ1) is 24.1. The molecule has 0 aromatic carbocycles. The van der Waals surface area contributed by atoms with Gasteiger partial charge in [-0.05, 0) is 49.7 Å². The number of aliphatic imine (C=N–C) groups is 1. The van der Waals surface area contributed by atoms with Crippen LogP contribution in [0.2, 0.25) is 0 Å². The Balaban J connectivity index is 0.00000300. The van der Waals surface area contributed by atoms with E-state index in [0.29, 0.717) is 12.6 Å². The predicted molar refractivity (Wildman–Crippen MR) is 127 cm³/mol. The summed E-state index contributed by atoms with van der Waals surface area (Å²) in [5.74, 6) is 2.31. The minimum absolute atomic E-state index is 0. The van der Waals surface area contributed by atoms with Gasteiger partial charge in [0.2, 0.25) is 5.88 Å². The quantitative estimate of drug-likeness (QED) is 0.215. The van der Waals surface area contributed by atoms with Crippen LogP contribution in [0.5, 0.6) is 5.88 Å². The second-order valence-corrected chi connectivity index (χ2v) is 7.79. The average Bonchev–Trinajstić information content (AvgIpc) is 3.56. The monoisotopic (exact) mass is 517 g/mol. The third-order valence-corrected chi connectivity index (χ3v) is 5.40. The van der Waals surface area contributed by atoms with Gasteiger partial charge >= 0.3 is 0 Å². The van der Waals surface area contributed by atoms with Crippen LogP contribution < -0.4 is 15.4 Å². The lowest BCUT2D eigenvalue weighted by atomic mass is 10.1. The Bertz CT molecular complexity index is 619. The standard InChI is InChI=1S/C21H35N5O2.HI/c1-22-21(25-19-7-11-26(12-8-19)10-3-13-27-2)24-15-18-6-9-23-20(14-18)28-16-17-4-5-17;/h6,9,14,17,19H,3-5,7-8,10-13,15-16H2,1-2H3,(H2,22,24,25);1H. The molecule has 1 saturated heterocycles. The van der Waals surface area contributed by atoms with Crippen molar-refractivity contribution in [3.05, 3.63) is 23.9 Å². The van der Waals surface area contributed by atoms with Gasteiger partial charge in [-0.25, -0.2) is 4.98 Å². The molecular formula is C21H36IN5O2. The Labute approximate surface area is 192 Å². The number of nitrogens with one attached hydrogen (secondary N) is 2. The number of methoxy groups -OCH3 is 1. The van der Waals surface area contributed by atoms with Gasteiger partial charge in [0, 0.05) is 65.2 Å². The predicted octanol–water partition coefficient (Wildman–Crippen LogP) is 2.65. The molecule has 29 heavy (non-hydrogen) atoms. The largest absolute Gasteiger partial charge is 0.477 e. The fraction of sp³-hybridized carbons (Fsp3) is 0.714. The van der Waals surface area contributed by atoms with Crippen molar-refractivity contribution < 1.29 is 9.47 Å². The van der Waals surface area contributed by atoms with Crippen molar-refractivity contribution in [2.75, 3.05) is 47.0 Å². The molecule has 0 atom stereocenters. The minimum atomic E-state index is 0. The average molecular weight is 517 g/mol. The summed E-state index contributed by atoms with van der Waals surface area (Å²) in [7, 11) is 3.59. The van der Waals surface area contributed by atoms with Crippen LogP contribution in [0.25, 0.3) is 0 Å². The number of hydrogen-bond donors (Lipinski definition) is 2. The van der Waals surface area contributed by atoms with E-state index >= 15 is 0 Å². The molecule has 2 fully saturated rings. The molecule has 1 saturated carbocycles. The van der Waals surface area contributed by atoms with E-state index in [1.807, 2.05) is 25.4 Å². The first-order chi connectivity index (χ1) is 13.8. The molecule has 0 unspecified atom stereocenters. The zero-order valence-electron chi connectivity index (χ0n) is 17.7. The highest BCUT2D eigenvalue weighted by Crippen LogP contribution is 2.29. The van der Waals surface area contributed by atoms with Gasteiger partial charge in [0.15, 0.2) is 5.96 Å². The van der Waals surface area contributed by atoms with E-state index in [9.17, 15) is 0 Å². The molecule has 1 aliphatic carbocycles. The summed E-state index contributed by atoms with van der Waals surface area (Å²) < 4.78 is 10.9. The summed E-state index contributed by atoms with van der Waals surface area (Å²) >= 11 is 0. The fourth-order valence-corrected chi connectivity index (χ4v) is 3.43. The van der Waals surface area contributed by atoms with Crippen molar-refractivity contribution in [2.45, 2.75) is 44.7 Å². The maximum atomic E-state index is 5.77. The number of aromatic nitrogens is 1. The molecule has 0 bridgehead atoms. The third kappa shape index (κ3) is 9.04. The highest BCUT2D eigenvalue weighted by atomic mass is 127. The number of ether oxygens (including phenoxy) is 2. The van der Waals surface area contributed by atoms with E-state index < -0.39 is 0 Å². The van der Waals surface area contributed by atoms with Crippen LogP contribution in [0.3, 0.4) is 0 Å². The number of guanidine groups is 1. The summed E-state index contributed by atoms with van der Waals surface area (Å²) in [6.07, 6.45) is 7.78. The van der Waals surface area contributed by atoms with Crippen molar-refractivity contribution >= 4 is 29.9 Å². The Morgan fingerprint density at radius 3 is 2.76 bits per heavy atom. The zero-order valence-corrected chi connectivity index (χ0v) is 20.1. The molecule has 0 radical (unpaired) electrons. The van der Waals surface area contributed by atoms with Gasteiger partial charge in [0.05, 0.1) is 6.61 Å². The van der Waals surface area contributed by atoms with Crippen molar-refractivity contribution in [3.63, 3.8) is 0 Å². The number of rotatable bonds is 10. The number of halogens is 1. The number of nitrogens with zero attached hydrogens (tertiary/aromatic N) is 3. The van der Waals surface area contributed by atoms with Crippen molar-refractivity contribution in [1.82, 2.24) is 20.5 Å². The smallest absolute Gasteiger partial charge is 0.213 e. The number of hydrogen-bond acceptors (Lipinski definition) is 5. The van der Waals surface area contributed by atoms with Crippen molar-refractivity contribution in [3.8, 4) is 5.88 Å². The van der Waals surface area contributed by atoms with E-state index in [0.717, 1.165) is 75.4 Å². The number of piperidine rings is 1. The lowest BCUT2D eigenvalue weighted by Crippen LogP contribution is -2.48. The van der Waals surface area contributed by atoms with Crippen LogP contribution in [0.1, 0.15) is 37.7 Å². The molecule has 2 N–H and O–H groups in total. The topological polar surface area (TPSA) is 71.0 Å². The lowest BCUT2D eigenvalue weighted by Gasteiger charge is -2.33. The van der Waals surface area contributed by atoms with Gasteiger partial charge in [0.25, 0.3) is 0 Å². The molecule has 7 nitrogen and oxygen atoms in total. The van der Waals surface area contributed by atoms with Gasteiger partial charge in [-0.1, -0.05) is 0 Å². The SMILES string of the molecule is CN=C(NCc1ccnc(OCC2CC2)c1)NC1CCN(CCCOC)CC1.I. The van der Waals surface area contributed by atoms with Gasteiger partial charge in [0.1, 0.15) is 0 Å². The Kier molecular flexibility index (Phi) is 11.0. The Morgan fingerprint density at radius 2 is 2.07 bits per heavy atom. The molecule has 8 heteroatoms. The number of pyridine rings is 1. The molecule has 1 aromatic heterocycles. The molecule has 2 aliphatic rings. The second-order valence-electron chi connectivity index (χ2n) is 7.79. The maximum Gasteiger partial charge on any atom is 0.213 e. The Morgan fingerprint density at radius 1 is 1.28 bits per heavy atom. The normalized spacial score (nSPS) is 18.2. The van der Waals surface area contributed by atoms with Crippen LogP contribution in [0, 0.1) is 5.92 Å². The van der Waals surface area contributed by atoms with Crippen molar-refractivity contribution in [2.24, 2.45) is 10.9 Å². The summed E-state index contributed by atoms with van der Waals surface area (Å²) in [6.45, 7) is 5.72. The van der Waals surface area contributed by atoms with Crippen LogP contribution in [0.4, 0.5) is 0 Å². The summed E-state index contributed by atoms with van der Waals surface area (Å²) in [5, 5.41) is 6.98. The minimum Gasteiger partial charge on any atom is -0.477 e. The zero-order chi connectivity index (χ0) is 19.6. The molecule has 3 rings (SSSR count).